The second-order valence-electron chi connectivity index (χ2n) is 3.86. The van der Waals surface area contributed by atoms with Crippen molar-refractivity contribution in [2.75, 3.05) is 0 Å². The van der Waals surface area contributed by atoms with Gasteiger partial charge in [0.1, 0.15) is 5.82 Å². The highest BCUT2D eigenvalue weighted by atomic mass is 19.1. The van der Waals surface area contributed by atoms with Gasteiger partial charge in [0.2, 0.25) is 0 Å². The molecule has 86 valence electrons. The molecule has 1 N–H and O–H groups in total. The van der Waals surface area contributed by atoms with E-state index < -0.39 is 5.97 Å². The normalized spacial score (nSPS) is 10.2. The summed E-state index contributed by atoms with van der Waals surface area (Å²) in [7, 11) is 0. The molecule has 0 amide bonds. The summed E-state index contributed by atoms with van der Waals surface area (Å²) in [6.45, 7) is 1.87. The summed E-state index contributed by atoms with van der Waals surface area (Å²) in [6, 6.07) is 11.0. The second-order valence-corrected chi connectivity index (χ2v) is 3.86. The molecule has 0 aliphatic rings. The Morgan fingerprint density at radius 3 is 2.59 bits per heavy atom. The van der Waals surface area contributed by atoms with Gasteiger partial charge in [-0.25, -0.2) is 9.18 Å². The van der Waals surface area contributed by atoms with Crippen LogP contribution in [0.15, 0.2) is 42.5 Å². The molecule has 0 heterocycles. The van der Waals surface area contributed by atoms with Crippen LogP contribution in [0.25, 0.3) is 11.1 Å². The molecule has 3 heteroatoms. The number of hydrogen-bond donors (Lipinski definition) is 1. The van der Waals surface area contributed by atoms with E-state index in [0.717, 1.165) is 5.56 Å². The Labute approximate surface area is 98.3 Å². The maximum atomic E-state index is 13.1. The highest BCUT2D eigenvalue weighted by molar-refractivity contribution is 5.96. The zero-order chi connectivity index (χ0) is 12.4. The highest BCUT2D eigenvalue weighted by Gasteiger charge is 2.11. The number of hydrogen-bond acceptors (Lipinski definition) is 1. The molecule has 2 aromatic carbocycles. The van der Waals surface area contributed by atoms with Crippen molar-refractivity contribution in [1.82, 2.24) is 0 Å². The Morgan fingerprint density at radius 2 is 1.94 bits per heavy atom. The molecule has 0 aliphatic heterocycles. The molecule has 0 saturated carbocycles. The van der Waals surface area contributed by atoms with Crippen LogP contribution in [-0.4, -0.2) is 11.1 Å². The number of aryl methyl sites for hydroxylation is 1. The minimum absolute atomic E-state index is 0.182. The van der Waals surface area contributed by atoms with Crippen molar-refractivity contribution in [1.29, 1.82) is 0 Å². The number of carboxylic acid groups (broad SMARTS) is 1. The van der Waals surface area contributed by atoms with Gasteiger partial charge in [0, 0.05) is 0 Å². The molecular weight excluding hydrogens is 219 g/mol. The molecule has 0 aliphatic carbocycles. The summed E-state index contributed by atoms with van der Waals surface area (Å²) in [6.07, 6.45) is 0. The van der Waals surface area contributed by atoms with Crippen LogP contribution in [0.4, 0.5) is 4.39 Å². The number of carbonyl (C=O) groups is 1. The van der Waals surface area contributed by atoms with Crippen molar-refractivity contribution < 1.29 is 14.3 Å². The SMILES string of the molecule is Cc1ccc(C(=O)O)c(-c2cccc(F)c2)c1. The van der Waals surface area contributed by atoms with Gasteiger partial charge >= 0.3 is 5.97 Å². The Morgan fingerprint density at radius 1 is 1.18 bits per heavy atom. The fourth-order valence-electron chi connectivity index (χ4n) is 1.74. The van der Waals surface area contributed by atoms with Crippen LogP contribution in [0.1, 0.15) is 15.9 Å². The van der Waals surface area contributed by atoms with Crippen LogP contribution in [0, 0.1) is 12.7 Å². The molecule has 0 fully saturated rings. The van der Waals surface area contributed by atoms with Crippen LogP contribution < -0.4 is 0 Å². The Kier molecular flexibility index (Phi) is 2.91. The summed E-state index contributed by atoms with van der Waals surface area (Å²) in [5.41, 5.74) is 2.23. The number of benzene rings is 2. The fraction of sp³-hybridized carbons (Fsp3) is 0.0714. The average Bonchev–Trinajstić information content (AvgIpc) is 2.28. The first-order valence-electron chi connectivity index (χ1n) is 5.18. The van der Waals surface area contributed by atoms with Crippen molar-refractivity contribution in [3.05, 3.63) is 59.4 Å². The third kappa shape index (κ3) is 2.33. The van der Waals surface area contributed by atoms with Gasteiger partial charge in [-0.15, -0.1) is 0 Å². The zero-order valence-corrected chi connectivity index (χ0v) is 9.27. The van der Waals surface area contributed by atoms with Gasteiger partial charge in [0.15, 0.2) is 0 Å². The number of carboxylic acids is 1. The van der Waals surface area contributed by atoms with Crippen LogP contribution in [0.3, 0.4) is 0 Å². The Balaban J connectivity index is 2.65. The molecule has 2 nitrogen and oxygen atoms in total. The summed E-state index contributed by atoms with van der Waals surface area (Å²) in [4.78, 5) is 11.1. The summed E-state index contributed by atoms with van der Waals surface area (Å²) in [5, 5.41) is 9.09. The van der Waals surface area contributed by atoms with E-state index in [1.165, 1.54) is 18.2 Å². The number of halogens is 1. The average molecular weight is 230 g/mol. The van der Waals surface area contributed by atoms with Crippen LogP contribution in [0.2, 0.25) is 0 Å². The van der Waals surface area contributed by atoms with E-state index in [4.69, 9.17) is 5.11 Å². The van der Waals surface area contributed by atoms with E-state index in [0.29, 0.717) is 11.1 Å². The summed E-state index contributed by atoms with van der Waals surface area (Å²) < 4.78 is 13.1. The van der Waals surface area contributed by atoms with Gasteiger partial charge in [0.05, 0.1) is 5.56 Å². The standard InChI is InChI=1S/C14H11FO2/c1-9-5-6-12(14(16)17)13(7-9)10-3-2-4-11(15)8-10/h2-8H,1H3,(H,16,17). The minimum Gasteiger partial charge on any atom is -0.478 e. The van der Waals surface area contributed by atoms with Gasteiger partial charge in [-0.3, -0.25) is 0 Å². The lowest BCUT2D eigenvalue weighted by molar-refractivity contribution is 0.0697. The summed E-state index contributed by atoms with van der Waals surface area (Å²) >= 11 is 0. The third-order valence-electron chi connectivity index (χ3n) is 2.54. The summed E-state index contributed by atoms with van der Waals surface area (Å²) in [5.74, 6) is -1.38. The molecule has 0 bridgehead atoms. The monoisotopic (exact) mass is 230 g/mol. The largest absolute Gasteiger partial charge is 0.478 e. The van der Waals surface area contributed by atoms with E-state index in [-0.39, 0.29) is 11.4 Å². The molecule has 0 atom stereocenters. The molecule has 0 saturated heterocycles. The smallest absolute Gasteiger partial charge is 0.336 e. The van der Waals surface area contributed by atoms with E-state index >= 15 is 0 Å². The van der Waals surface area contributed by atoms with Gasteiger partial charge < -0.3 is 5.11 Å². The maximum absolute atomic E-state index is 13.1. The van der Waals surface area contributed by atoms with Crippen molar-refractivity contribution in [2.24, 2.45) is 0 Å². The van der Waals surface area contributed by atoms with Crippen LogP contribution in [0.5, 0.6) is 0 Å². The molecule has 2 aromatic rings. The Bertz CT molecular complexity index is 576. The topological polar surface area (TPSA) is 37.3 Å². The van der Waals surface area contributed by atoms with Crippen molar-refractivity contribution in [3.8, 4) is 11.1 Å². The first-order valence-corrected chi connectivity index (χ1v) is 5.18. The molecule has 0 radical (unpaired) electrons. The van der Waals surface area contributed by atoms with Crippen molar-refractivity contribution in [3.63, 3.8) is 0 Å². The molecule has 0 unspecified atom stereocenters. The molecular formula is C14H11FO2. The molecule has 17 heavy (non-hydrogen) atoms. The number of aromatic carboxylic acids is 1. The fourth-order valence-corrected chi connectivity index (χ4v) is 1.74. The predicted octanol–water partition coefficient (Wildman–Crippen LogP) is 3.50. The maximum Gasteiger partial charge on any atom is 0.336 e. The molecule has 0 spiro atoms. The first kappa shape index (κ1) is 11.3. The van der Waals surface area contributed by atoms with Gasteiger partial charge in [-0.2, -0.15) is 0 Å². The van der Waals surface area contributed by atoms with Crippen molar-refractivity contribution in [2.45, 2.75) is 6.92 Å². The predicted molar refractivity (Wildman–Crippen MR) is 63.5 cm³/mol. The zero-order valence-electron chi connectivity index (χ0n) is 9.27. The van der Waals surface area contributed by atoms with E-state index in [1.807, 2.05) is 6.92 Å². The minimum atomic E-state index is -1.01. The van der Waals surface area contributed by atoms with Crippen molar-refractivity contribution >= 4 is 5.97 Å². The lowest BCUT2D eigenvalue weighted by Gasteiger charge is -2.07. The Hall–Kier alpha value is -2.16. The van der Waals surface area contributed by atoms with E-state index in [9.17, 15) is 9.18 Å². The van der Waals surface area contributed by atoms with Gasteiger partial charge in [-0.1, -0.05) is 29.8 Å². The molecule has 2 rings (SSSR count). The van der Waals surface area contributed by atoms with Gasteiger partial charge in [-0.05, 0) is 36.2 Å². The van der Waals surface area contributed by atoms with Crippen LogP contribution in [-0.2, 0) is 0 Å². The second kappa shape index (κ2) is 4.37. The van der Waals surface area contributed by atoms with E-state index in [1.54, 1.807) is 24.3 Å². The first-order chi connectivity index (χ1) is 8.08. The highest BCUT2D eigenvalue weighted by Crippen LogP contribution is 2.25. The third-order valence-corrected chi connectivity index (χ3v) is 2.54. The quantitative estimate of drug-likeness (QED) is 0.857. The lowest BCUT2D eigenvalue weighted by atomic mass is 9.97. The van der Waals surface area contributed by atoms with Crippen LogP contribution >= 0.6 is 0 Å². The van der Waals surface area contributed by atoms with Gasteiger partial charge in [0.25, 0.3) is 0 Å². The van der Waals surface area contributed by atoms with E-state index in [2.05, 4.69) is 0 Å². The number of rotatable bonds is 2. The molecule has 0 aromatic heterocycles. The lowest BCUT2D eigenvalue weighted by Crippen LogP contribution is -2.00.